The minimum Gasteiger partial charge on any atom is -0.454 e. The van der Waals surface area contributed by atoms with Crippen LogP contribution in [-0.4, -0.2) is 28.5 Å². The Morgan fingerprint density at radius 2 is 2.04 bits per heavy atom. The number of benzene rings is 1. The minimum absolute atomic E-state index is 0.0284. The fourth-order valence-electron chi connectivity index (χ4n) is 3.46. The maximum absolute atomic E-state index is 12.7. The van der Waals surface area contributed by atoms with E-state index in [1.807, 2.05) is 24.3 Å². The first-order chi connectivity index (χ1) is 11.7. The third kappa shape index (κ3) is 3.17. The van der Waals surface area contributed by atoms with E-state index in [9.17, 15) is 4.79 Å². The lowest BCUT2D eigenvalue weighted by Crippen LogP contribution is -2.30. The topological polar surface area (TPSA) is 38.8 Å². The average Bonchev–Trinajstić information content (AvgIpc) is 3.29. The summed E-state index contributed by atoms with van der Waals surface area (Å²) in [7, 11) is 0. The number of amides is 1. The molecule has 2 heterocycles. The lowest BCUT2D eigenvalue weighted by Gasteiger charge is -2.17. The van der Waals surface area contributed by atoms with Crippen LogP contribution in [-0.2, 0) is 4.79 Å². The number of rotatable bonds is 4. The Morgan fingerprint density at radius 1 is 1.25 bits per heavy atom. The van der Waals surface area contributed by atoms with E-state index in [0.717, 1.165) is 35.9 Å². The van der Waals surface area contributed by atoms with Crippen molar-refractivity contribution >= 4 is 40.3 Å². The van der Waals surface area contributed by atoms with Crippen LogP contribution in [0.1, 0.15) is 37.7 Å². The lowest BCUT2D eigenvalue weighted by atomic mass is 10.0. The van der Waals surface area contributed by atoms with Gasteiger partial charge in [-0.3, -0.25) is 9.69 Å². The summed E-state index contributed by atoms with van der Waals surface area (Å²) in [5.74, 6) is 2.25. The van der Waals surface area contributed by atoms with Gasteiger partial charge in [0, 0.05) is 6.54 Å². The van der Waals surface area contributed by atoms with Gasteiger partial charge < -0.3 is 9.47 Å². The third-order valence-corrected chi connectivity index (χ3v) is 6.18. The standard InChI is InChI=1S/C18H19NO3S2/c20-17-16(10-13-5-6-14-15(9-13)22-11-21-14)24-18(23)19(17)8-7-12-3-1-2-4-12/h5-6,9-10,12H,1-4,7-8,11H2/b16-10-. The number of fused-ring (bicyclic) bond motifs is 1. The summed E-state index contributed by atoms with van der Waals surface area (Å²) in [5.41, 5.74) is 0.926. The predicted octanol–water partition coefficient (Wildman–Crippen LogP) is 4.20. The van der Waals surface area contributed by atoms with Crippen molar-refractivity contribution in [3.8, 4) is 11.5 Å². The van der Waals surface area contributed by atoms with E-state index in [2.05, 4.69) is 0 Å². The van der Waals surface area contributed by atoms with Crippen molar-refractivity contribution in [1.82, 2.24) is 4.90 Å². The number of nitrogens with zero attached hydrogens (tertiary/aromatic N) is 1. The van der Waals surface area contributed by atoms with Crippen LogP contribution in [0.4, 0.5) is 0 Å². The molecule has 24 heavy (non-hydrogen) atoms. The normalized spacial score (nSPS) is 22.2. The van der Waals surface area contributed by atoms with Crippen LogP contribution in [0.3, 0.4) is 0 Å². The molecule has 0 spiro atoms. The van der Waals surface area contributed by atoms with Crippen molar-refractivity contribution in [2.75, 3.05) is 13.3 Å². The van der Waals surface area contributed by atoms with Crippen LogP contribution in [0.2, 0.25) is 0 Å². The smallest absolute Gasteiger partial charge is 0.266 e. The zero-order valence-corrected chi connectivity index (χ0v) is 15.0. The van der Waals surface area contributed by atoms with Crippen LogP contribution in [0.25, 0.3) is 6.08 Å². The van der Waals surface area contributed by atoms with Gasteiger partial charge in [-0.25, -0.2) is 0 Å². The number of thioether (sulfide) groups is 1. The number of ether oxygens (including phenoxy) is 2. The molecule has 1 aliphatic carbocycles. The largest absolute Gasteiger partial charge is 0.454 e. The molecule has 0 radical (unpaired) electrons. The van der Waals surface area contributed by atoms with E-state index in [0.29, 0.717) is 9.23 Å². The van der Waals surface area contributed by atoms with Crippen LogP contribution in [0.15, 0.2) is 23.1 Å². The Hall–Kier alpha value is -1.53. The number of carbonyl (C=O) groups excluding carboxylic acids is 1. The second kappa shape index (κ2) is 6.76. The third-order valence-electron chi connectivity index (χ3n) is 4.80. The Bertz CT molecular complexity index is 710. The number of hydrogen-bond acceptors (Lipinski definition) is 5. The first kappa shape index (κ1) is 16.0. The maximum atomic E-state index is 12.7. The second-order valence-electron chi connectivity index (χ2n) is 6.39. The van der Waals surface area contributed by atoms with Crippen LogP contribution in [0.5, 0.6) is 11.5 Å². The highest BCUT2D eigenvalue weighted by molar-refractivity contribution is 8.26. The molecule has 0 bridgehead atoms. The molecule has 3 aliphatic rings. The van der Waals surface area contributed by atoms with Gasteiger partial charge in [-0.15, -0.1) is 0 Å². The maximum Gasteiger partial charge on any atom is 0.266 e. The van der Waals surface area contributed by atoms with Gasteiger partial charge >= 0.3 is 0 Å². The molecule has 1 amide bonds. The lowest BCUT2D eigenvalue weighted by molar-refractivity contribution is -0.122. The molecule has 1 aromatic carbocycles. The molecule has 1 saturated heterocycles. The Kier molecular flexibility index (Phi) is 4.50. The van der Waals surface area contributed by atoms with E-state index in [1.54, 1.807) is 4.90 Å². The number of carbonyl (C=O) groups is 1. The van der Waals surface area contributed by atoms with Gasteiger partial charge in [-0.2, -0.15) is 0 Å². The van der Waals surface area contributed by atoms with Crippen LogP contribution < -0.4 is 9.47 Å². The molecule has 0 aromatic heterocycles. The molecule has 1 aromatic rings. The van der Waals surface area contributed by atoms with E-state index in [4.69, 9.17) is 21.7 Å². The summed E-state index contributed by atoms with van der Waals surface area (Å²) >= 11 is 6.80. The quantitative estimate of drug-likeness (QED) is 0.594. The predicted molar refractivity (Wildman–Crippen MR) is 99.0 cm³/mol. The molecular formula is C18H19NO3S2. The molecule has 1 saturated carbocycles. The molecule has 0 unspecified atom stereocenters. The highest BCUT2D eigenvalue weighted by Gasteiger charge is 2.32. The molecule has 2 aliphatic heterocycles. The zero-order chi connectivity index (χ0) is 16.5. The van der Waals surface area contributed by atoms with E-state index in [-0.39, 0.29) is 12.7 Å². The van der Waals surface area contributed by atoms with Gasteiger partial charge in [-0.1, -0.05) is 55.7 Å². The molecule has 2 fully saturated rings. The van der Waals surface area contributed by atoms with Gasteiger partial charge in [0.2, 0.25) is 6.79 Å². The van der Waals surface area contributed by atoms with Crippen molar-refractivity contribution in [3.63, 3.8) is 0 Å². The van der Waals surface area contributed by atoms with Gasteiger partial charge in [0.15, 0.2) is 11.5 Å². The molecule has 0 N–H and O–H groups in total. The molecule has 4 rings (SSSR count). The SMILES string of the molecule is O=C1/C(=C/c2ccc3c(c2)OCO3)SC(=S)N1CCC1CCCC1. The summed E-state index contributed by atoms with van der Waals surface area (Å²) in [6.07, 6.45) is 8.18. The highest BCUT2D eigenvalue weighted by atomic mass is 32.2. The van der Waals surface area contributed by atoms with Gasteiger partial charge in [0.1, 0.15) is 4.32 Å². The number of thiocarbonyl (C=S) groups is 1. The first-order valence-electron chi connectivity index (χ1n) is 8.36. The van der Waals surface area contributed by atoms with Gasteiger partial charge in [0.25, 0.3) is 5.91 Å². The van der Waals surface area contributed by atoms with E-state index >= 15 is 0 Å². The second-order valence-corrected chi connectivity index (χ2v) is 8.06. The summed E-state index contributed by atoms with van der Waals surface area (Å²) in [6, 6.07) is 5.70. The molecule has 6 heteroatoms. The number of hydrogen-bond donors (Lipinski definition) is 0. The summed E-state index contributed by atoms with van der Waals surface area (Å²) in [4.78, 5) is 15.1. The minimum atomic E-state index is 0.0284. The fraction of sp³-hybridized carbons (Fsp3) is 0.444. The monoisotopic (exact) mass is 361 g/mol. The Morgan fingerprint density at radius 3 is 2.88 bits per heavy atom. The van der Waals surface area contributed by atoms with Crippen LogP contribution >= 0.6 is 24.0 Å². The highest BCUT2D eigenvalue weighted by Crippen LogP contribution is 2.37. The Labute approximate surface area is 151 Å². The summed E-state index contributed by atoms with van der Waals surface area (Å²) in [5, 5.41) is 0. The van der Waals surface area contributed by atoms with Crippen molar-refractivity contribution in [2.45, 2.75) is 32.1 Å². The summed E-state index contributed by atoms with van der Waals surface area (Å²) < 4.78 is 11.4. The van der Waals surface area contributed by atoms with E-state index < -0.39 is 0 Å². The van der Waals surface area contributed by atoms with Crippen molar-refractivity contribution in [1.29, 1.82) is 0 Å². The first-order valence-corrected chi connectivity index (χ1v) is 9.58. The summed E-state index contributed by atoms with van der Waals surface area (Å²) in [6.45, 7) is 0.996. The molecule has 4 nitrogen and oxygen atoms in total. The van der Waals surface area contributed by atoms with Crippen molar-refractivity contribution in [3.05, 3.63) is 28.7 Å². The van der Waals surface area contributed by atoms with Crippen molar-refractivity contribution in [2.24, 2.45) is 5.92 Å². The van der Waals surface area contributed by atoms with Crippen molar-refractivity contribution < 1.29 is 14.3 Å². The fourth-order valence-corrected chi connectivity index (χ4v) is 4.77. The molecule has 0 atom stereocenters. The average molecular weight is 361 g/mol. The van der Waals surface area contributed by atoms with E-state index in [1.165, 1.54) is 37.4 Å². The van der Waals surface area contributed by atoms with Gasteiger partial charge in [0.05, 0.1) is 4.91 Å². The zero-order valence-electron chi connectivity index (χ0n) is 13.3. The van der Waals surface area contributed by atoms with Crippen LogP contribution in [0, 0.1) is 5.92 Å². The molecule has 126 valence electrons. The van der Waals surface area contributed by atoms with Gasteiger partial charge in [-0.05, 0) is 36.1 Å². The molecular weight excluding hydrogens is 342 g/mol. The Balaban J connectivity index is 1.46.